The van der Waals surface area contributed by atoms with E-state index in [0.29, 0.717) is 29.0 Å². The molecule has 0 aliphatic carbocycles. The summed E-state index contributed by atoms with van der Waals surface area (Å²) in [6, 6.07) is 14.3. The summed E-state index contributed by atoms with van der Waals surface area (Å²) in [5.41, 5.74) is 3.14. The molecule has 1 atom stereocenters. The molecule has 1 aliphatic heterocycles. The molecule has 154 valence electrons. The molecule has 7 heteroatoms. The number of hydrogen-bond acceptors (Lipinski definition) is 4. The number of rotatable bonds is 6. The SMILES string of the molecule is Cc1ccc(C(=O)NCC2CCCO2)cc1NC(=O)c1ccccc1-n1cccn1. The predicted octanol–water partition coefficient (Wildman–Crippen LogP) is 3.34. The first-order valence-electron chi connectivity index (χ1n) is 10.0. The molecule has 0 radical (unpaired) electrons. The highest BCUT2D eigenvalue weighted by molar-refractivity contribution is 6.07. The molecule has 1 aliphatic rings. The zero-order valence-corrected chi connectivity index (χ0v) is 16.8. The molecular formula is C23H24N4O3. The van der Waals surface area contributed by atoms with Crippen LogP contribution in [0.4, 0.5) is 5.69 Å². The van der Waals surface area contributed by atoms with E-state index in [1.54, 1.807) is 41.3 Å². The first-order valence-corrected chi connectivity index (χ1v) is 10.0. The third kappa shape index (κ3) is 4.41. The molecule has 1 unspecified atom stereocenters. The first-order chi connectivity index (χ1) is 14.6. The number of anilines is 1. The fourth-order valence-electron chi connectivity index (χ4n) is 3.48. The van der Waals surface area contributed by atoms with Crippen molar-refractivity contribution >= 4 is 17.5 Å². The van der Waals surface area contributed by atoms with Crippen LogP contribution in [0.1, 0.15) is 39.1 Å². The Morgan fingerprint density at radius 2 is 2.03 bits per heavy atom. The fourth-order valence-corrected chi connectivity index (χ4v) is 3.48. The van der Waals surface area contributed by atoms with Crippen LogP contribution in [-0.4, -0.2) is 40.9 Å². The van der Waals surface area contributed by atoms with Gasteiger partial charge in [-0.05, 0) is 55.7 Å². The van der Waals surface area contributed by atoms with Gasteiger partial charge in [0.25, 0.3) is 11.8 Å². The molecule has 1 aromatic heterocycles. The Hall–Kier alpha value is -3.45. The van der Waals surface area contributed by atoms with Crippen LogP contribution in [0.5, 0.6) is 0 Å². The maximum Gasteiger partial charge on any atom is 0.257 e. The number of hydrogen-bond donors (Lipinski definition) is 2. The zero-order chi connectivity index (χ0) is 20.9. The van der Waals surface area contributed by atoms with Crippen LogP contribution in [0.3, 0.4) is 0 Å². The van der Waals surface area contributed by atoms with Crippen LogP contribution in [0.2, 0.25) is 0 Å². The van der Waals surface area contributed by atoms with Gasteiger partial charge in [0.1, 0.15) is 0 Å². The van der Waals surface area contributed by atoms with Crippen LogP contribution < -0.4 is 10.6 Å². The van der Waals surface area contributed by atoms with Crippen LogP contribution >= 0.6 is 0 Å². The molecule has 0 saturated carbocycles. The highest BCUT2D eigenvalue weighted by Crippen LogP contribution is 2.20. The van der Waals surface area contributed by atoms with Gasteiger partial charge in [-0.1, -0.05) is 18.2 Å². The van der Waals surface area contributed by atoms with Crippen molar-refractivity contribution < 1.29 is 14.3 Å². The summed E-state index contributed by atoms with van der Waals surface area (Å²) >= 11 is 0. The summed E-state index contributed by atoms with van der Waals surface area (Å²) in [5, 5.41) is 10.1. The molecule has 7 nitrogen and oxygen atoms in total. The van der Waals surface area contributed by atoms with Gasteiger partial charge in [-0.25, -0.2) is 4.68 Å². The summed E-state index contributed by atoms with van der Waals surface area (Å²) in [7, 11) is 0. The van der Waals surface area contributed by atoms with Gasteiger partial charge in [-0.3, -0.25) is 9.59 Å². The van der Waals surface area contributed by atoms with E-state index in [4.69, 9.17) is 4.74 Å². The quantitative estimate of drug-likeness (QED) is 0.660. The molecule has 1 fully saturated rings. The van der Waals surface area contributed by atoms with E-state index in [-0.39, 0.29) is 17.9 Å². The largest absolute Gasteiger partial charge is 0.376 e. The van der Waals surface area contributed by atoms with Gasteiger partial charge in [0.15, 0.2) is 0 Å². The minimum atomic E-state index is -0.263. The van der Waals surface area contributed by atoms with Crippen molar-refractivity contribution in [2.45, 2.75) is 25.9 Å². The molecule has 2 heterocycles. The van der Waals surface area contributed by atoms with Crippen molar-refractivity contribution in [3.63, 3.8) is 0 Å². The lowest BCUT2D eigenvalue weighted by Gasteiger charge is -2.14. The number of carbonyl (C=O) groups excluding carboxylic acids is 2. The van der Waals surface area contributed by atoms with Crippen molar-refractivity contribution in [3.05, 3.63) is 77.6 Å². The van der Waals surface area contributed by atoms with Gasteiger partial charge >= 0.3 is 0 Å². The van der Waals surface area contributed by atoms with Gasteiger partial charge in [0.05, 0.1) is 17.4 Å². The second-order valence-electron chi connectivity index (χ2n) is 7.30. The number of ether oxygens (including phenoxy) is 1. The Balaban J connectivity index is 1.50. The van der Waals surface area contributed by atoms with E-state index in [0.717, 1.165) is 25.0 Å². The van der Waals surface area contributed by atoms with E-state index in [1.165, 1.54) is 0 Å². The Bertz CT molecular complexity index is 1040. The van der Waals surface area contributed by atoms with Crippen molar-refractivity contribution in [2.75, 3.05) is 18.5 Å². The Kier molecular flexibility index (Phi) is 5.90. The lowest BCUT2D eigenvalue weighted by molar-refractivity contribution is 0.0857. The van der Waals surface area contributed by atoms with Crippen LogP contribution in [0, 0.1) is 6.92 Å². The highest BCUT2D eigenvalue weighted by atomic mass is 16.5. The fraction of sp³-hybridized carbons (Fsp3) is 0.261. The summed E-state index contributed by atoms with van der Waals surface area (Å²) in [6.07, 6.45) is 5.53. The van der Waals surface area contributed by atoms with Crippen LogP contribution in [-0.2, 0) is 4.74 Å². The van der Waals surface area contributed by atoms with Crippen molar-refractivity contribution in [2.24, 2.45) is 0 Å². The number of aromatic nitrogens is 2. The molecule has 4 rings (SSSR count). The lowest BCUT2D eigenvalue weighted by Crippen LogP contribution is -2.31. The first kappa shape index (κ1) is 19.8. The van der Waals surface area contributed by atoms with Gasteiger partial charge < -0.3 is 15.4 Å². The van der Waals surface area contributed by atoms with Crippen LogP contribution in [0.25, 0.3) is 5.69 Å². The molecule has 30 heavy (non-hydrogen) atoms. The van der Waals surface area contributed by atoms with Gasteiger partial charge in [-0.2, -0.15) is 5.10 Å². The number of aryl methyl sites for hydroxylation is 1. The molecule has 2 N–H and O–H groups in total. The van der Waals surface area contributed by atoms with E-state index in [2.05, 4.69) is 15.7 Å². The van der Waals surface area contributed by atoms with E-state index in [9.17, 15) is 9.59 Å². The van der Waals surface area contributed by atoms with Crippen molar-refractivity contribution in [1.29, 1.82) is 0 Å². The van der Waals surface area contributed by atoms with Gasteiger partial charge in [0, 0.05) is 36.8 Å². The smallest absolute Gasteiger partial charge is 0.257 e. The summed E-state index contributed by atoms with van der Waals surface area (Å²) < 4.78 is 7.20. The van der Waals surface area contributed by atoms with Gasteiger partial charge in [-0.15, -0.1) is 0 Å². The second-order valence-corrected chi connectivity index (χ2v) is 7.30. The minimum Gasteiger partial charge on any atom is -0.376 e. The zero-order valence-electron chi connectivity index (χ0n) is 16.8. The summed E-state index contributed by atoms with van der Waals surface area (Å²) in [6.45, 7) is 3.13. The Morgan fingerprint density at radius 3 is 2.80 bits per heavy atom. The van der Waals surface area contributed by atoms with E-state index < -0.39 is 0 Å². The topological polar surface area (TPSA) is 85.3 Å². The number of amides is 2. The third-order valence-electron chi connectivity index (χ3n) is 5.16. The standard InChI is InChI=1S/C23H24N4O3/c1-16-9-10-17(22(28)24-15-18-6-4-13-30-18)14-20(16)26-23(29)19-7-2-3-8-21(19)27-12-5-11-25-27/h2-3,5,7-12,14,18H,4,6,13,15H2,1H3,(H,24,28)(H,26,29). The van der Waals surface area contributed by atoms with Crippen LogP contribution in [0.15, 0.2) is 60.9 Å². The average Bonchev–Trinajstić information content (AvgIpc) is 3.48. The molecule has 3 aromatic rings. The number of nitrogens with one attached hydrogen (secondary N) is 2. The number of nitrogens with zero attached hydrogens (tertiary/aromatic N) is 2. The molecule has 1 saturated heterocycles. The number of para-hydroxylation sites is 1. The summed E-state index contributed by atoms with van der Waals surface area (Å²) in [4.78, 5) is 25.5. The molecule has 0 spiro atoms. The number of benzene rings is 2. The number of carbonyl (C=O) groups is 2. The molecule has 2 amide bonds. The van der Waals surface area contributed by atoms with Crippen molar-refractivity contribution in [1.82, 2.24) is 15.1 Å². The maximum atomic E-state index is 13.0. The normalized spacial score (nSPS) is 15.7. The van der Waals surface area contributed by atoms with Gasteiger partial charge in [0.2, 0.25) is 0 Å². The molecule has 0 bridgehead atoms. The molecular weight excluding hydrogens is 380 g/mol. The Labute approximate surface area is 175 Å². The molecule has 2 aromatic carbocycles. The van der Waals surface area contributed by atoms with E-state index in [1.807, 2.05) is 31.2 Å². The highest BCUT2D eigenvalue weighted by Gasteiger charge is 2.18. The van der Waals surface area contributed by atoms with E-state index >= 15 is 0 Å². The summed E-state index contributed by atoms with van der Waals surface area (Å²) in [5.74, 6) is -0.445. The minimum absolute atomic E-state index is 0.0809. The average molecular weight is 404 g/mol. The predicted molar refractivity (Wildman–Crippen MR) is 114 cm³/mol. The third-order valence-corrected chi connectivity index (χ3v) is 5.16. The lowest BCUT2D eigenvalue weighted by atomic mass is 10.1. The monoisotopic (exact) mass is 404 g/mol. The second kappa shape index (κ2) is 8.92. The maximum absolute atomic E-state index is 13.0. The Morgan fingerprint density at radius 1 is 1.17 bits per heavy atom. The van der Waals surface area contributed by atoms with Crippen molar-refractivity contribution in [3.8, 4) is 5.69 Å².